The normalized spacial score (nSPS) is 11.5. The summed E-state index contributed by atoms with van der Waals surface area (Å²) in [5, 5.41) is 3.79. The molecule has 0 bridgehead atoms. The van der Waals surface area contributed by atoms with Crippen molar-refractivity contribution in [3.63, 3.8) is 0 Å². The van der Waals surface area contributed by atoms with E-state index in [1.807, 2.05) is 0 Å². The molecule has 0 radical (unpaired) electrons. The van der Waals surface area contributed by atoms with Crippen LogP contribution in [0.15, 0.2) is 12.3 Å². The first kappa shape index (κ1) is 10.7. The third kappa shape index (κ3) is 2.84. The maximum atomic E-state index is 10.9. The van der Waals surface area contributed by atoms with Gasteiger partial charge in [-0.15, -0.1) is 0 Å². The van der Waals surface area contributed by atoms with Crippen molar-refractivity contribution in [3.8, 4) is 0 Å². The highest BCUT2D eigenvalue weighted by molar-refractivity contribution is 7.90. The molecule has 6 nitrogen and oxygen atoms in total. The van der Waals surface area contributed by atoms with Crippen LogP contribution in [-0.4, -0.2) is 36.1 Å². The molecule has 0 aliphatic heterocycles. The number of aryl methyl sites for hydroxylation is 1. The Bertz CT molecular complexity index is 435. The van der Waals surface area contributed by atoms with Gasteiger partial charge in [0, 0.05) is 12.5 Å². The molecule has 0 atom stereocenters. The summed E-state index contributed by atoms with van der Waals surface area (Å²) in [5.74, 6) is -0.675. The highest BCUT2D eigenvalue weighted by atomic mass is 32.2. The van der Waals surface area contributed by atoms with Crippen molar-refractivity contribution in [1.82, 2.24) is 9.78 Å². The first-order chi connectivity index (χ1) is 6.40. The van der Waals surface area contributed by atoms with E-state index in [9.17, 15) is 13.2 Å². The third-order valence-corrected chi connectivity index (χ3v) is 2.57. The standard InChI is InChI=1S/C7H11N3O3S/c1-14(12,13)5-4-10-6(7(8)11)2-3-9-10/h2-3H,4-5H2,1H3,(H2,8,11). The van der Waals surface area contributed by atoms with E-state index in [-0.39, 0.29) is 18.0 Å². The van der Waals surface area contributed by atoms with Crippen LogP contribution in [0.4, 0.5) is 0 Å². The van der Waals surface area contributed by atoms with E-state index >= 15 is 0 Å². The second-order valence-electron chi connectivity index (χ2n) is 2.93. The van der Waals surface area contributed by atoms with Gasteiger partial charge in [-0.3, -0.25) is 9.48 Å². The number of hydrogen-bond acceptors (Lipinski definition) is 4. The number of amides is 1. The Labute approximate surface area is 81.6 Å². The Kier molecular flexibility index (Phi) is 2.90. The van der Waals surface area contributed by atoms with Gasteiger partial charge in [0.15, 0.2) is 0 Å². The van der Waals surface area contributed by atoms with Crippen molar-refractivity contribution in [3.05, 3.63) is 18.0 Å². The molecule has 0 saturated heterocycles. The third-order valence-electron chi connectivity index (χ3n) is 1.64. The molecule has 14 heavy (non-hydrogen) atoms. The summed E-state index contributed by atoms with van der Waals surface area (Å²) in [4.78, 5) is 10.8. The monoisotopic (exact) mass is 217 g/mol. The van der Waals surface area contributed by atoms with Gasteiger partial charge in [-0.1, -0.05) is 0 Å². The summed E-state index contributed by atoms with van der Waals surface area (Å²) in [5.41, 5.74) is 5.27. The second-order valence-corrected chi connectivity index (χ2v) is 5.19. The lowest BCUT2D eigenvalue weighted by atomic mass is 10.4. The maximum Gasteiger partial charge on any atom is 0.266 e. The number of carbonyl (C=O) groups is 1. The zero-order valence-electron chi connectivity index (χ0n) is 7.67. The highest BCUT2D eigenvalue weighted by Gasteiger charge is 2.10. The van der Waals surface area contributed by atoms with Crippen molar-refractivity contribution in [2.24, 2.45) is 5.73 Å². The fourth-order valence-electron chi connectivity index (χ4n) is 0.972. The van der Waals surface area contributed by atoms with Crippen LogP contribution < -0.4 is 5.73 Å². The lowest BCUT2D eigenvalue weighted by Gasteiger charge is -2.03. The van der Waals surface area contributed by atoms with Crippen molar-refractivity contribution in [2.75, 3.05) is 12.0 Å². The van der Waals surface area contributed by atoms with Gasteiger partial charge in [-0.2, -0.15) is 5.10 Å². The van der Waals surface area contributed by atoms with Crippen molar-refractivity contribution < 1.29 is 13.2 Å². The van der Waals surface area contributed by atoms with E-state index < -0.39 is 15.7 Å². The molecule has 1 amide bonds. The Balaban J connectivity index is 2.77. The van der Waals surface area contributed by atoms with Gasteiger partial charge >= 0.3 is 0 Å². The summed E-state index contributed by atoms with van der Waals surface area (Å²) >= 11 is 0. The molecule has 0 unspecified atom stereocenters. The fourth-order valence-corrected chi connectivity index (χ4v) is 1.48. The molecule has 1 rings (SSSR count). The summed E-state index contributed by atoms with van der Waals surface area (Å²) in [6.45, 7) is 0.143. The van der Waals surface area contributed by atoms with Crippen LogP contribution in [0.3, 0.4) is 0 Å². The number of rotatable bonds is 4. The minimum Gasteiger partial charge on any atom is -0.364 e. The molecule has 0 saturated carbocycles. The number of aromatic nitrogens is 2. The summed E-state index contributed by atoms with van der Waals surface area (Å²) < 4.78 is 23.0. The number of sulfone groups is 1. The largest absolute Gasteiger partial charge is 0.364 e. The van der Waals surface area contributed by atoms with Crippen LogP contribution in [-0.2, 0) is 16.4 Å². The Hall–Kier alpha value is -1.37. The van der Waals surface area contributed by atoms with Gasteiger partial charge in [0.25, 0.3) is 5.91 Å². The fraction of sp³-hybridized carbons (Fsp3) is 0.429. The highest BCUT2D eigenvalue weighted by Crippen LogP contribution is 1.98. The van der Waals surface area contributed by atoms with Gasteiger partial charge in [-0.05, 0) is 6.07 Å². The van der Waals surface area contributed by atoms with Crippen molar-refractivity contribution in [2.45, 2.75) is 6.54 Å². The average molecular weight is 217 g/mol. The lowest BCUT2D eigenvalue weighted by molar-refractivity contribution is 0.0990. The predicted molar refractivity (Wildman–Crippen MR) is 50.5 cm³/mol. The van der Waals surface area contributed by atoms with Gasteiger partial charge in [0.2, 0.25) is 0 Å². The summed E-state index contributed by atoms with van der Waals surface area (Å²) in [6.07, 6.45) is 2.53. The SMILES string of the molecule is CS(=O)(=O)CCn1nccc1C(N)=O. The Morgan fingerprint density at radius 3 is 2.79 bits per heavy atom. The van der Waals surface area contributed by atoms with Crippen LogP contribution in [0.1, 0.15) is 10.5 Å². The van der Waals surface area contributed by atoms with Crippen molar-refractivity contribution in [1.29, 1.82) is 0 Å². The molecule has 1 heterocycles. The maximum absolute atomic E-state index is 10.9. The minimum absolute atomic E-state index is 0.0606. The van der Waals surface area contributed by atoms with Crippen LogP contribution in [0.5, 0.6) is 0 Å². The van der Waals surface area contributed by atoms with Gasteiger partial charge in [-0.25, -0.2) is 8.42 Å². The molecule has 1 aromatic heterocycles. The molecule has 1 aromatic rings. The summed E-state index contributed by atoms with van der Waals surface area (Å²) in [6, 6.07) is 1.45. The van der Waals surface area contributed by atoms with Crippen LogP contribution in [0, 0.1) is 0 Å². The molecule has 0 aliphatic rings. The van der Waals surface area contributed by atoms with E-state index in [1.165, 1.54) is 16.9 Å². The lowest BCUT2D eigenvalue weighted by Crippen LogP contribution is -2.20. The molecular weight excluding hydrogens is 206 g/mol. The van der Waals surface area contributed by atoms with E-state index in [0.717, 1.165) is 6.26 Å². The van der Waals surface area contributed by atoms with E-state index in [0.29, 0.717) is 0 Å². The van der Waals surface area contributed by atoms with Gasteiger partial charge in [0.1, 0.15) is 15.5 Å². The molecule has 78 valence electrons. The Morgan fingerprint density at radius 2 is 2.29 bits per heavy atom. The molecular formula is C7H11N3O3S. The first-order valence-electron chi connectivity index (χ1n) is 3.89. The molecule has 2 N–H and O–H groups in total. The van der Waals surface area contributed by atoms with Crippen LogP contribution >= 0.6 is 0 Å². The average Bonchev–Trinajstić information content (AvgIpc) is 2.46. The molecule has 0 aromatic carbocycles. The van der Waals surface area contributed by atoms with Crippen LogP contribution in [0.2, 0.25) is 0 Å². The quantitative estimate of drug-likeness (QED) is 0.701. The number of nitrogens with two attached hydrogens (primary N) is 1. The minimum atomic E-state index is -3.06. The predicted octanol–water partition coefficient (Wildman–Crippen LogP) is -0.973. The second kappa shape index (κ2) is 3.79. The Morgan fingerprint density at radius 1 is 1.64 bits per heavy atom. The van der Waals surface area contributed by atoms with Crippen LogP contribution in [0.25, 0.3) is 0 Å². The van der Waals surface area contributed by atoms with Gasteiger partial charge in [0.05, 0.1) is 12.3 Å². The molecule has 0 spiro atoms. The topological polar surface area (TPSA) is 95.1 Å². The van der Waals surface area contributed by atoms with E-state index in [4.69, 9.17) is 5.73 Å². The smallest absolute Gasteiger partial charge is 0.266 e. The first-order valence-corrected chi connectivity index (χ1v) is 5.95. The van der Waals surface area contributed by atoms with Gasteiger partial charge < -0.3 is 5.73 Å². The number of nitrogens with zero attached hydrogens (tertiary/aromatic N) is 2. The number of carbonyl (C=O) groups excluding carboxylic acids is 1. The molecule has 0 aliphatic carbocycles. The zero-order chi connectivity index (χ0) is 10.8. The number of hydrogen-bond donors (Lipinski definition) is 1. The summed E-state index contributed by atoms with van der Waals surface area (Å²) in [7, 11) is -3.06. The molecule has 7 heteroatoms. The van der Waals surface area contributed by atoms with E-state index in [1.54, 1.807) is 0 Å². The number of primary amides is 1. The van der Waals surface area contributed by atoms with E-state index in [2.05, 4.69) is 5.10 Å². The van der Waals surface area contributed by atoms with Crippen molar-refractivity contribution >= 4 is 15.7 Å². The molecule has 0 fully saturated rings. The zero-order valence-corrected chi connectivity index (χ0v) is 8.49.